The van der Waals surface area contributed by atoms with Crippen LogP contribution in [0.3, 0.4) is 0 Å². The minimum atomic E-state index is -0.0234. The second kappa shape index (κ2) is 5.04. The van der Waals surface area contributed by atoms with E-state index in [4.69, 9.17) is 9.47 Å². The van der Waals surface area contributed by atoms with Gasteiger partial charge < -0.3 is 9.47 Å². The van der Waals surface area contributed by atoms with Crippen LogP contribution in [-0.2, 0) is 4.74 Å². The largest absolute Gasteiger partial charge is 0.444 e. The second-order valence-corrected chi connectivity index (χ2v) is 3.33. The number of rotatable bonds is 3. The Morgan fingerprint density at radius 3 is 3.00 bits per heavy atom. The molecule has 1 atom stereocenters. The predicted octanol–water partition coefficient (Wildman–Crippen LogP) is 0.334. The van der Waals surface area contributed by atoms with Crippen molar-refractivity contribution in [3.8, 4) is 6.01 Å². The summed E-state index contributed by atoms with van der Waals surface area (Å²) in [5.41, 5.74) is 0. The number of ether oxygens (including phenoxy) is 2. The van der Waals surface area contributed by atoms with Crippen molar-refractivity contribution in [1.82, 2.24) is 14.9 Å². The van der Waals surface area contributed by atoms with Crippen molar-refractivity contribution in [2.45, 2.75) is 13.2 Å². The van der Waals surface area contributed by atoms with Gasteiger partial charge in [0.25, 0.3) is 0 Å². The molecular weight excluding hydrogens is 194 g/mol. The summed E-state index contributed by atoms with van der Waals surface area (Å²) in [5, 5.41) is 0. The van der Waals surface area contributed by atoms with Crippen molar-refractivity contribution in [2.24, 2.45) is 0 Å². The zero-order valence-corrected chi connectivity index (χ0v) is 8.72. The van der Waals surface area contributed by atoms with Crippen LogP contribution in [0.1, 0.15) is 6.92 Å². The summed E-state index contributed by atoms with van der Waals surface area (Å²) >= 11 is 0. The topological polar surface area (TPSA) is 47.5 Å². The highest BCUT2D eigenvalue weighted by atomic mass is 16.5. The third-order valence-corrected chi connectivity index (χ3v) is 2.33. The van der Waals surface area contributed by atoms with Crippen LogP contribution >= 0.6 is 0 Å². The highest BCUT2D eigenvalue weighted by Gasteiger charge is 2.18. The van der Waals surface area contributed by atoms with E-state index in [0.717, 1.165) is 26.3 Å². The van der Waals surface area contributed by atoms with Gasteiger partial charge in [-0.25, -0.2) is 4.98 Å². The fourth-order valence-corrected chi connectivity index (χ4v) is 1.48. The molecule has 5 heteroatoms. The molecule has 1 saturated heterocycles. The number of morpholine rings is 1. The molecule has 1 aromatic rings. The van der Waals surface area contributed by atoms with E-state index in [0.29, 0.717) is 6.01 Å². The minimum absolute atomic E-state index is 0.0234. The van der Waals surface area contributed by atoms with Gasteiger partial charge in [-0.15, -0.1) is 0 Å². The Morgan fingerprint density at radius 1 is 1.53 bits per heavy atom. The van der Waals surface area contributed by atoms with Gasteiger partial charge in [-0.2, -0.15) is 4.98 Å². The van der Waals surface area contributed by atoms with Crippen molar-refractivity contribution >= 4 is 0 Å². The molecule has 15 heavy (non-hydrogen) atoms. The van der Waals surface area contributed by atoms with E-state index < -0.39 is 0 Å². The number of aromatic nitrogens is 2. The normalized spacial score (nSPS) is 19.8. The summed E-state index contributed by atoms with van der Waals surface area (Å²) in [6, 6.07) is 2.02. The van der Waals surface area contributed by atoms with Crippen molar-refractivity contribution in [1.29, 1.82) is 0 Å². The summed E-state index contributed by atoms with van der Waals surface area (Å²) in [6.45, 7) is 5.28. The Kier molecular flexibility index (Phi) is 3.47. The van der Waals surface area contributed by atoms with Gasteiger partial charge in [0, 0.05) is 19.3 Å². The third-order valence-electron chi connectivity index (χ3n) is 2.33. The predicted molar refractivity (Wildman–Crippen MR) is 53.4 cm³/mol. The van der Waals surface area contributed by atoms with E-state index in [1.165, 1.54) is 0 Å². The number of hydrogen-bond donors (Lipinski definition) is 0. The standard InChI is InChI=1S/C10H14N3O2/c1-9(13-5-7-14-8-6-13)15-10-11-3-2-4-12-10/h2-3,9H,5-8H2,1H3. The monoisotopic (exact) mass is 208 g/mol. The van der Waals surface area contributed by atoms with Crippen molar-refractivity contribution in [3.63, 3.8) is 0 Å². The smallest absolute Gasteiger partial charge is 0.318 e. The molecule has 5 nitrogen and oxygen atoms in total. The molecule has 0 aromatic carbocycles. The maximum absolute atomic E-state index is 5.57. The lowest BCUT2D eigenvalue weighted by Gasteiger charge is -2.31. The number of hydrogen-bond acceptors (Lipinski definition) is 5. The van der Waals surface area contributed by atoms with E-state index in [9.17, 15) is 0 Å². The number of nitrogens with zero attached hydrogens (tertiary/aromatic N) is 3. The summed E-state index contributed by atoms with van der Waals surface area (Å²) in [4.78, 5) is 10.1. The van der Waals surface area contributed by atoms with E-state index in [2.05, 4.69) is 21.1 Å². The molecule has 0 aliphatic carbocycles. The lowest BCUT2D eigenvalue weighted by atomic mass is 10.4. The van der Waals surface area contributed by atoms with Gasteiger partial charge in [-0.05, 0) is 13.0 Å². The minimum Gasteiger partial charge on any atom is -0.444 e. The van der Waals surface area contributed by atoms with Crippen LogP contribution in [-0.4, -0.2) is 47.4 Å². The second-order valence-electron chi connectivity index (χ2n) is 3.33. The molecule has 81 valence electrons. The Bertz CT molecular complexity index is 288. The average Bonchev–Trinajstić information content (AvgIpc) is 2.31. The first-order chi connectivity index (χ1) is 7.36. The Morgan fingerprint density at radius 2 is 2.33 bits per heavy atom. The summed E-state index contributed by atoms with van der Waals surface area (Å²) in [5.74, 6) is 0. The molecule has 1 aliphatic rings. The first kappa shape index (κ1) is 10.3. The first-order valence-corrected chi connectivity index (χ1v) is 5.04. The van der Waals surface area contributed by atoms with E-state index in [1.54, 1.807) is 12.3 Å². The quantitative estimate of drug-likeness (QED) is 0.716. The van der Waals surface area contributed by atoms with Crippen molar-refractivity contribution in [3.05, 3.63) is 18.5 Å². The summed E-state index contributed by atoms with van der Waals surface area (Å²) in [7, 11) is 0. The van der Waals surface area contributed by atoms with Gasteiger partial charge in [-0.1, -0.05) is 0 Å². The highest BCUT2D eigenvalue weighted by molar-refractivity contribution is 4.92. The Balaban J connectivity index is 1.88. The van der Waals surface area contributed by atoms with Crippen LogP contribution in [0.4, 0.5) is 0 Å². The van der Waals surface area contributed by atoms with Crippen molar-refractivity contribution < 1.29 is 9.47 Å². The van der Waals surface area contributed by atoms with Gasteiger partial charge in [0.05, 0.1) is 19.4 Å². The van der Waals surface area contributed by atoms with Gasteiger partial charge in [0.15, 0.2) is 6.23 Å². The molecule has 1 fully saturated rings. The SMILES string of the molecule is CC(Oc1n[c]ccn1)N1CCOCC1. The van der Waals surface area contributed by atoms with E-state index >= 15 is 0 Å². The lowest BCUT2D eigenvalue weighted by Crippen LogP contribution is -2.44. The molecule has 0 saturated carbocycles. The molecule has 1 aromatic heterocycles. The third kappa shape index (κ3) is 2.87. The molecule has 2 rings (SSSR count). The molecule has 0 spiro atoms. The molecule has 2 heterocycles. The maximum atomic E-state index is 5.57. The lowest BCUT2D eigenvalue weighted by molar-refractivity contribution is -0.0405. The van der Waals surface area contributed by atoms with Gasteiger partial charge in [0.2, 0.25) is 0 Å². The summed E-state index contributed by atoms with van der Waals surface area (Å²) < 4.78 is 10.8. The highest BCUT2D eigenvalue weighted by Crippen LogP contribution is 2.07. The first-order valence-electron chi connectivity index (χ1n) is 5.04. The average molecular weight is 208 g/mol. The van der Waals surface area contributed by atoms with E-state index in [-0.39, 0.29) is 6.23 Å². The fourth-order valence-electron chi connectivity index (χ4n) is 1.48. The zero-order chi connectivity index (χ0) is 10.5. The van der Waals surface area contributed by atoms with Gasteiger partial charge in [-0.3, -0.25) is 4.90 Å². The molecule has 1 radical (unpaired) electrons. The van der Waals surface area contributed by atoms with E-state index in [1.807, 2.05) is 6.92 Å². The molecule has 0 amide bonds. The van der Waals surface area contributed by atoms with Gasteiger partial charge >= 0.3 is 6.01 Å². The van der Waals surface area contributed by atoms with Crippen LogP contribution in [0.2, 0.25) is 0 Å². The van der Waals surface area contributed by atoms with Crippen molar-refractivity contribution in [2.75, 3.05) is 26.3 Å². The Hall–Kier alpha value is -1.20. The molecular formula is C10H14N3O2. The molecule has 0 bridgehead atoms. The maximum Gasteiger partial charge on any atom is 0.318 e. The molecule has 1 aliphatic heterocycles. The zero-order valence-electron chi connectivity index (χ0n) is 8.72. The van der Waals surface area contributed by atoms with Crippen LogP contribution in [0, 0.1) is 6.20 Å². The summed E-state index contributed by atoms with van der Waals surface area (Å²) in [6.07, 6.45) is 4.28. The van der Waals surface area contributed by atoms with Crippen LogP contribution < -0.4 is 4.74 Å². The van der Waals surface area contributed by atoms with Crippen LogP contribution in [0.5, 0.6) is 6.01 Å². The fraction of sp³-hybridized carbons (Fsp3) is 0.600. The van der Waals surface area contributed by atoms with Crippen LogP contribution in [0.15, 0.2) is 12.3 Å². The molecule has 1 unspecified atom stereocenters. The Labute approximate surface area is 89.0 Å². The van der Waals surface area contributed by atoms with Gasteiger partial charge in [0.1, 0.15) is 0 Å². The molecule has 0 N–H and O–H groups in total. The van der Waals surface area contributed by atoms with Crippen LogP contribution in [0.25, 0.3) is 0 Å².